The molecule has 2 heterocycles. The Morgan fingerprint density at radius 1 is 1.27 bits per heavy atom. The zero-order valence-corrected chi connectivity index (χ0v) is 18.9. The SMILES string of the molecule is CCCS(=O)(=O)Nc1cccc(-c2nc(C3CC3)oc2-c2ccnc(SC)n2)c1Cl. The van der Waals surface area contributed by atoms with E-state index >= 15 is 0 Å². The molecule has 7 nitrogen and oxygen atoms in total. The summed E-state index contributed by atoms with van der Waals surface area (Å²) in [6.07, 6.45) is 6.15. The number of nitrogens with zero attached hydrogens (tertiary/aromatic N) is 3. The lowest BCUT2D eigenvalue weighted by atomic mass is 10.1. The van der Waals surface area contributed by atoms with Crippen molar-refractivity contribution < 1.29 is 12.8 Å². The number of halogens is 1. The van der Waals surface area contributed by atoms with Crippen molar-refractivity contribution in [3.8, 4) is 22.7 Å². The molecule has 1 aromatic carbocycles. The maximum absolute atomic E-state index is 12.2. The first-order valence-corrected chi connectivity index (χ1v) is 12.8. The average Bonchev–Trinajstić information content (AvgIpc) is 3.48. The zero-order chi connectivity index (χ0) is 21.3. The summed E-state index contributed by atoms with van der Waals surface area (Å²) in [5.74, 6) is 1.47. The molecule has 3 aromatic rings. The predicted molar refractivity (Wildman–Crippen MR) is 119 cm³/mol. The van der Waals surface area contributed by atoms with Crippen molar-refractivity contribution >= 4 is 39.1 Å². The van der Waals surface area contributed by atoms with E-state index in [0.717, 1.165) is 12.8 Å². The highest BCUT2D eigenvalue weighted by Crippen LogP contribution is 2.45. The van der Waals surface area contributed by atoms with Crippen LogP contribution in [0.2, 0.25) is 5.02 Å². The van der Waals surface area contributed by atoms with Crippen LogP contribution in [0, 0.1) is 0 Å². The van der Waals surface area contributed by atoms with E-state index in [9.17, 15) is 8.42 Å². The minimum atomic E-state index is -3.48. The van der Waals surface area contributed by atoms with Crippen LogP contribution in [-0.2, 0) is 10.0 Å². The summed E-state index contributed by atoms with van der Waals surface area (Å²) in [5.41, 5.74) is 2.06. The first kappa shape index (κ1) is 21.1. The molecule has 2 aromatic heterocycles. The monoisotopic (exact) mass is 464 g/mol. The lowest BCUT2D eigenvalue weighted by Crippen LogP contribution is -2.16. The maximum atomic E-state index is 12.2. The van der Waals surface area contributed by atoms with Crippen molar-refractivity contribution in [3.05, 3.63) is 41.4 Å². The first-order valence-electron chi connectivity index (χ1n) is 9.59. The molecule has 0 radical (unpaired) electrons. The van der Waals surface area contributed by atoms with Crippen LogP contribution in [0.4, 0.5) is 5.69 Å². The van der Waals surface area contributed by atoms with E-state index in [2.05, 4.69) is 14.7 Å². The van der Waals surface area contributed by atoms with Gasteiger partial charge in [-0.25, -0.2) is 23.4 Å². The van der Waals surface area contributed by atoms with Crippen LogP contribution >= 0.6 is 23.4 Å². The molecule has 30 heavy (non-hydrogen) atoms. The van der Waals surface area contributed by atoms with E-state index in [0.29, 0.717) is 51.8 Å². The van der Waals surface area contributed by atoms with Crippen molar-refractivity contribution in [2.24, 2.45) is 0 Å². The number of hydrogen-bond acceptors (Lipinski definition) is 7. The van der Waals surface area contributed by atoms with Gasteiger partial charge in [-0.05, 0) is 37.7 Å². The van der Waals surface area contributed by atoms with Gasteiger partial charge in [0.25, 0.3) is 0 Å². The molecule has 1 fully saturated rings. The summed E-state index contributed by atoms with van der Waals surface area (Å²) in [6.45, 7) is 1.81. The molecule has 0 amide bonds. The minimum Gasteiger partial charge on any atom is -0.438 e. The molecule has 4 rings (SSSR count). The van der Waals surface area contributed by atoms with Crippen LogP contribution in [0.15, 0.2) is 40.0 Å². The Morgan fingerprint density at radius 2 is 2.07 bits per heavy atom. The van der Waals surface area contributed by atoms with Crippen LogP contribution in [-0.4, -0.2) is 35.4 Å². The van der Waals surface area contributed by atoms with Gasteiger partial charge < -0.3 is 4.42 Å². The fraction of sp³-hybridized carbons (Fsp3) is 0.350. The number of aromatic nitrogens is 3. The average molecular weight is 465 g/mol. The third-order valence-electron chi connectivity index (χ3n) is 4.61. The fourth-order valence-corrected chi connectivity index (χ4v) is 4.86. The number of rotatable bonds is 8. The summed E-state index contributed by atoms with van der Waals surface area (Å²) in [4.78, 5) is 13.5. The van der Waals surface area contributed by atoms with Crippen molar-refractivity contribution in [1.82, 2.24) is 15.0 Å². The van der Waals surface area contributed by atoms with E-state index in [1.165, 1.54) is 11.8 Å². The fourth-order valence-electron chi connectivity index (χ4n) is 3.04. The highest BCUT2D eigenvalue weighted by atomic mass is 35.5. The molecule has 10 heteroatoms. The Labute approximate surface area is 184 Å². The molecule has 0 saturated heterocycles. The van der Waals surface area contributed by atoms with E-state index in [4.69, 9.17) is 21.0 Å². The quantitative estimate of drug-likeness (QED) is 0.361. The van der Waals surface area contributed by atoms with E-state index in [1.54, 1.807) is 30.5 Å². The molecule has 1 saturated carbocycles. The summed E-state index contributed by atoms with van der Waals surface area (Å²) >= 11 is 8.06. The third kappa shape index (κ3) is 4.48. The zero-order valence-electron chi connectivity index (χ0n) is 16.6. The van der Waals surface area contributed by atoms with Gasteiger partial charge in [0, 0.05) is 17.7 Å². The number of nitrogens with one attached hydrogen (secondary N) is 1. The summed E-state index contributed by atoms with van der Waals surface area (Å²) in [7, 11) is -3.48. The molecule has 1 aliphatic carbocycles. The van der Waals surface area contributed by atoms with Crippen molar-refractivity contribution in [2.45, 2.75) is 37.3 Å². The molecule has 0 bridgehead atoms. The van der Waals surface area contributed by atoms with E-state index in [1.807, 2.05) is 13.2 Å². The minimum absolute atomic E-state index is 0.0208. The lowest BCUT2D eigenvalue weighted by molar-refractivity contribution is 0.507. The maximum Gasteiger partial charge on any atom is 0.232 e. The standard InChI is InChI=1S/C20H21ClN4O3S2/c1-3-11-30(26,27)25-14-6-4-5-13(16(14)21)17-18(28-19(24-17)12-7-8-12)15-9-10-22-20(23-15)29-2/h4-6,9-10,12,25H,3,7-8,11H2,1-2H3. The van der Waals surface area contributed by atoms with Gasteiger partial charge >= 0.3 is 0 Å². The van der Waals surface area contributed by atoms with Crippen molar-refractivity contribution in [1.29, 1.82) is 0 Å². The molecule has 0 atom stereocenters. The second-order valence-electron chi connectivity index (χ2n) is 7.02. The number of hydrogen-bond donors (Lipinski definition) is 1. The van der Waals surface area contributed by atoms with Gasteiger partial charge in [-0.1, -0.05) is 42.4 Å². The highest BCUT2D eigenvalue weighted by molar-refractivity contribution is 7.98. The number of oxazole rings is 1. The number of sulfonamides is 1. The molecular weight excluding hydrogens is 444 g/mol. The van der Waals surface area contributed by atoms with Crippen LogP contribution in [0.25, 0.3) is 22.7 Å². The van der Waals surface area contributed by atoms with Gasteiger partial charge in [-0.3, -0.25) is 4.72 Å². The predicted octanol–water partition coefficient (Wildman–Crippen LogP) is 5.20. The Hall–Kier alpha value is -2.10. The largest absolute Gasteiger partial charge is 0.438 e. The Balaban J connectivity index is 1.81. The highest BCUT2D eigenvalue weighted by Gasteiger charge is 2.32. The smallest absolute Gasteiger partial charge is 0.232 e. The molecule has 1 N–H and O–H groups in total. The Bertz CT molecular complexity index is 1180. The third-order valence-corrected chi connectivity index (χ3v) is 7.06. The van der Waals surface area contributed by atoms with Gasteiger partial charge in [0.05, 0.1) is 16.5 Å². The topological polar surface area (TPSA) is 98.0 Å². The van der Waals surface area contributed by atoms with E-state index < -0.39 is 10.0 Å². The van der Waals surface area contributed by atoms with Crippen LogP contribution in [0.3, 0.4) is 0 Å². The molecular formula is C20H21ClN4O3S2. The number of thioether (sulfide) groups is 1. The van der Waals surface area contributed by atoms with Gasteiger partial charge in [-0.2, -0.15) is 0 Å². The Morgan fingerprint density at radius 3 is 2.77 bits per heavy atom. The first-order chi connectivity index (χ1) is 14.4. The molecule has 0 spiro atoms. The number of benzene rings is 1. The summed E-state index contributed by atoms with van der Waals surface area (Å²) in [6, 6.07) is 6.95. The lowest BCUT2D eigenvalue weighted by Gasteiger charge is -2.11. The van der Waals surface area contributed by atoms with Gasteiger partial charge in [0.1, 0.15) is 11.4 Å². The van der Waals surface area contributed by atoms with Crippen LogP contribution < -0.4 is 4.72 Å². The van der Waals surface area contributed by atoms with Gasteiger partial charge in [0.2, 0.25) is 10.0 Å². The van der Waals surface area contributed by atoms with Gasteiger partial charge in [-0.15, -0.1) is 0 Å². The van der Waals surface area contributed by atoms with Gasteiger partial charge in [0.15, 0.2) is 16.8 Å². The normalized spacial score (nSPS) is 14.1. The van der Waals surface area contributed by atoms with Crippen LogP contribution in [0.5, 0.6) is 0 Å². The number of anilines is 1. The second kappa shape index (κ2) is 8.56. The second-order valence-corrected chi connectivity index (χ2v) is 10.0. The summed E-state index contributed by atoms with van der Waals surface area (Å²) < 4.78 is 33.1. The van der Waals surface area contributed by atoms with Crippen molar-refractivity contribution in [2.75, 3.05) is 16.7 Å². The van der Waals surface area contributed by atoms with E-state index in [-0.39, 0.29) is 10.8 Å². The molecule has 0 unspecified atom stereocenters. The van der Waals surface area contributed by atoms with Crippen LogP contribution in [0.1, 0.15) is 38.0 Å². The van der Waals surface area contributed by atoms with Crippen molar-refractivity contribution in [3.63, 3.8) is 0 Å². The Kier molecular flexibility index (Phi) is 6.04. The molecule has 1 aliphatic rings. The molecule has 0 aliphatic heterocycles. The molecule has 158 valence electrons. The summed E-state index contributed by atoms with van der Waals surface area (Å²) in [5, 5.41) is 0.892.